The Morgan fingerprint density at radius 2 is 2.22 bits per heavy atom. The zero-order valence-corrected chi connectivity index (χ0v) is 10.8. The van der Waals surface area contributed by atoms with Gasteiger partial charge in [-0.2, -0.15) is 0 Å². The normalized spacial score (nSPS) is 26.1. The first-order valence-electron chi connectivity index (χ1n) is 5.87. The van der Waals surface area contributed by atoms with Gasteiger partial charge in [-0.3, -0.25) is 14.9 Å². The van der Waals surface area contributed by atoms with Crippen molar-refractivity contribution in [3.63, 3.8) is 0 Å². The fourth-order valence-corrected chi connectivity index (χ4v) is 3.71. The van der Waals surface area contributed by atoms with E-state index in [1.807, 2.05) is 18.2 Å². The lowest BCUT2D eigenvalue weighted by molar-refractivity contribution is -0.119. The Balaban J connectivity index is 1.91. The van der Waals surface area contributed by atoms with Gasteiger partial charge in [0, 0.05) is 5.92 Å². The molecule has 94 valence electrons. The molecule has 1 fully saturated rings. The summed E-state index contributed by atoms with van der Waals surface area (Å²) in [6.07, 6.45) is 1.86. The number of imide groups is 1. The summed E-state index contributed by atoms with van der Waals surface area (Å²) in [5, 5.41) is 1.86. The summed E-state index contributed by atoms with van der Waals surface area (Å²) in [4.78, 5) is 23.0. The molecule has 2 unspecified atom stereocenters. The largest absolute Gasteiger partial charge is 0.497 e. The molecule has 4 nitrogen and oxygen atoms in total. The Morgan fingerprint density at radius 1 is 1.39 bits per heavy atom. The molecule has 18 heavy (non-hydrogen) atoms. The van der Waals surface area contributed by atoms with Crippen molar-refractivity contribution >= 4 is 22.9 Å². The van der Waals surface area contributed by atoms with Crippen LogP contribution in [0.25, 0.3) is 0 Å². The van der Waals surface area contributed by atoms with Gasteiger partial charge in [-0.05, 0) is 36.1 Å². The van der Waals surface area contributed by atoms with Crippen molar-refractivity contribution in [2.75, 3.05) is 7.11 Å². The highest BCUT2D eigenvalue weighted by atomic mass is 32.2. The summed E-state index contributed by atoms with van der Waals surface area (Å²) in [6.45, 7) is 0. The lowest BCUT2D eigenvalue weighted by Gasteiger charge is -2.15. The van der Waals surface area contributed by atoms with E-state index in [0.29, 0.717) is 0 Å². The van der Waals surface area contributed by atoms with Gasteiger partial charge in [-0.1, -0.05) is 17.8 Å². The lowest BCUT2D eigenvalue weighted by Crippen LogP contribution is -2.27. The van der Waals surface area contributed by atoms with Crippen molar-refractivity contribution in [3.05, 3.63) is 29.3 Å². The summed E-state index contributed by atoms with van der Waals surface area (Å²) >= 11 is 1.11. The number of rotatable bonds is 2. The molecule has 1 heterocycles. The molecule has 0 saturated carbocycles. The van der Waals surface area contributed by atoms with E-state index in [0.717, 1.165) is 30.4 Å². The van der Waals surface area contributed by atoms with Crippen molar-refractivity contribution in [1.82, 2.24) is 5.32 Å². The van der Waals surface area contributed by atoms with Crippen molar-refractivity contribution < 1.29 is 14.3 Å². The van der Waals surface area contributed by atoms with Gasteiger partial charge in [0.05, 0.1) is 7.11 Å². The molecular weight excluding hydrogens is 250 g/mol. The standard InChI is InChI=1S/C13H13NO3S/c1-17-8-3-5-9-7(6-8)2-4-10(9)11-12(15)14-13(16)18-11/h3,5-6,10-11H,2,4H2,1H3,(H,14,15,16). The number of fused-ring (bicyclic) bond motifs is 1. The second kappa shape index (κ2) is 4.31. The Kier molecular flexibility index (Phi) is 2.78. The van der Waals surface area contributed by atoms with Crippen LogP contribution in [-0.2, 0) is 11.2 Å². The number of hydrogen-bond donors (Lipinski definition) is 1. The molecule has 1 N–H and O–H groups in total. The minimum absolute atomic E-state index is 0.141. The van der Waals surface area contributed by atoms with Crippen LogP contribution < -0.4 is 10.1 Å². The van der Waals surface area contributed by atoms with Crippen molar-refractivity contribution in [1.29, 1.82) is 0 Å². The first kappa shape index (κ1) is 11.6. The Bertz CT molecular complexity index is 529. The number of carbonyl (C=O) groups excluding carboxylic acids is 2. The molecule has 1 aromatic rings. The molecule has 0 spiro atoms. The SMILES string of the molecule is COc1ccc2c(c1)CCC2C1SC(=O)NC1=O. The second-order valence-corrected chi connectivity index (χ2v) is 5.64. The smallest absolute Gasteiger partial charge is 0.286 e. The summed E-state index contributed by atoms with van der Waals surface area (Å²) in [6, 6.07) is 5.95. The highest BCUT2D eigenvalue weighted by molar-refractivity contribution is 8.15. The number of thioether (sulfide) groups is 1. The van der Waals surface area contributed by atoms with Crippen LogP contribution in [0.3, 0.4) is 0 Å². The molecule has 1 saturated heterocycles. The second-order valence-electron chi connectivity index (χ2n) is 4.53. The maximum atomic E-state index is 11.7. The van der Waals surface area contributed by atoms with Gasteiger partial charge in [-0.15, -0.1) is 0 Å². The number of aryl methyl sites for hydroxylation is 1. The molecular formula is C13H13NO3S. The number of amides is 2. The van der Waals surface area contributed by atoms with E-state index in [2.05, 4.69) is 5.32 Å². The molecule has 2 aliphatic rings. The van der Waals surface area contributed by atoms with E-state index in [9.17, 15) is 9.59 Å². The van der Waals surface area contributed by atoms with E-state index >= 15 is 0 Å². The van der Waals surface area contributed by atoms with Crippen LogP contribution in [0.15, 0.2) is 18.2 Å². The fraction of sp³-hybridized carbons (Fsp3) is 0.385. The molecule has 1 aromatic carbocycles. The molecule has 5 heteroatoms. The van der Waals surface area contributed by atoms with Crippen LogP contribution >= 0.6 is 11.8 Å². The lowest BCUT2D eigenvalue weighted by atomic mass is 9.97. The third kappa shape index (κ3) is 1.79. The van der Waals surface area contributed by atoms with E-state index in [1.165, 1.54) is 11.1 Å². The first-order valence-corrected chi connectivity index (χ1v) is 6.75. The van der Waals surface area contributed by atoms with E-state index in [-0.39, 0.29) is 22.3 Å². The summed E-state index contributed by atoms with van der Waals surface area (Å²) in [5.74, 6) is 0.829. The molecule has 2 amide bonds. The molecule has 0 radical (unpaired) electrons. The van der Waals surface area contributed by atoms with Crippen molar-refractivity contribution in [2.45, 2.75) is 24.0 Å². The Labute approximate surface area is 109 Å². The number of hydrogen-bond acceptors (Lipinski definition) is 4. The average molecular weight is 263 g/mol. The zero-order valence-electron chi connectivity index (χ0n) is 9.93. The maximum absolute atomic E-state index is 11.7. The zero-order chi connectivity index (χ0) is 12.7. The predicted molar refractivity (Wildman–Crippen MR) is 69.0 cm³/mol. The van der Waals surface area contributed by atoms with Gasteiger partial charge >= 0.3 is 0 Å². The van der Waals surface area contributed by atoms with E-state index < -0.39 is 0 Å². The molecule has 2 atom stereocenters. The maximum Gasteiger partial charge on any atom is 0.286 e. The molecule has 1 aliphatic carbocycles. The van der Waals surface area contributed by atoms with Gasteiger partial charge in [0.1, 0.15) is 11.0 Å². The van der Waals surface area contributed by atoms with Crippen LogP contribution in [0.4, 0.5) is 4.79 Å². The summed E-state index contributed by atoms with van der Waals surface area (Å²) in [7, 11) is 1.65. The van der Waals surface area contributed by atoms with Gasteiger partial charge < -0.3 is 4.74 Å². The van der Waals surface area contributed by atoms with Crippen LogP contribution in [0.1, 0.15) is 23.5 Å². The Morgan fingerprint density at radius 3 is 2.89 bits per heavy atom. The van der Waals surface area contributed by atoms with Crippen LogP contribution in [0.2, 0.25) is 0 Å². The number of benzene rings is 1. The minimum Gasteiger partial charge on any atom is -0.497 e. The van der Waals surface area contributed by atoms with Gasteiger partial charge in [0.25, 0.3) is 5.24 Å². The Hall–Kier alpha value is -1.49. The number of nitrogens with one attached hydrogen (secondary N) is 1. The first-order chi connectivity index (χ1) is 8.69. The van der Waals surface area contributed by atoms with Crippen LogP contribution in [0, 0.1) is 0 Å². The third-order valence-corrected chi connectivity index (χ3v) is 4.67. The monoisotopic (exact) mass is 263 g/mol. The number of methoxy groups -OCH3 is 1. The fourth-order valence-electron chi connectivity index (χ4n) is 2.70. The third-order valence-electron chi connectivity index (χ3n) is 3.56. The highest BCUT2D eigenvalue weighted by Gasteiger charge is 2.41. The van der Waals surface area contributed by atoms with E-state index in [4.69, 9.17) is 4.74 Å². The molecule has 3 rings (SSSR count). The van der Waals surface area contributed by atoms with Crippen LogP contribution in [0.5, 0.6) is 5.75 Å². The van der Waals surface area contributed by atoms with Crippen molar-refractivity contribution in [3.8, 4) is 5.75 Å². The molecule has 0 aromatic heterocycles. The van der Waals surface area contributed by atoms with Gasteiger partial charge in [0.15, 0.2) is 0 Å². The highest BCUT2D eigenvalue weighted by Crippen LogP contribution is 2.42. The summed E-state index contributed by atoms with van der Waals surface area (Å²) < 4.78 is 5.20. The molecule has 0 bridgehead atoms. The average Bonchev–Trinajstić information content (AvgIpc) is 2.91. The van der Waals surface area contributed by atoms with Crippen LogP contribution in [-0.4, -0.2) is 23.5 Å². The number of carbonyl (C=O) groups is 2. The van der Waals surface area contributed by atoms with Crippen molar-refractivity contribution in [2.24, 2.45) is 0 Å². The predicted octanol–water partition coefficient (Wildman–Crippen LogP) is 2.08. The minimum atomic E-state index is -0.271. The summed E-state index contributed by atoms with van der Waals surface area (Å²) in [5.41, 5.74) is 2.41. The van der Waals surface area contributed by atoms with Gasteiger partial charge in [0.2, 0.25) is 5.91 Å². The number of ether oxygens (including phenoxy) is 1. The van der Waals surface area contributed by atoms with Gasteiger partial charge in [-0.25, -0.2) is 0 Å². The molecule has 1 aliphatic heterocycles. The topological polar surface area (TPSA) is 55.4 Å². The van der Waals surface area contributed by atoms with E-state index in [1.54, 1.807) is 7.11 Å². The quantitative estimate of drug-likeness (QED) is 0.887.